The van der Waals surface area contributed by atoms with Crippen molar-refractivity contribution in [3.8, 4) is 5.75 Å². The molecule has 146 valence electrons. The van der Waals surface area contributed by atoms with Gasteiger partial charge in [-0.2, -0.15) is 0 Å². The van der Waals surface area contributed by atoms with Gasteiger partial charge in [-0.1, -0.05) is 24.3 Å². The maximum absolute atomic E-state index is 13.0. The van der Waals surface area contributed by atoms with Crippen LogP contribution in [0.1, 0.15) is 42.9 Å². The van der Waals surface area contributed by atoms with Gasteiger partial charge in [-0.15, -0.1) is 0 Å². The Hall–Kier alpha value is -2.82. The molecule has 5 heteroatoms. The summed E-state index contributed by atoms with van der Waals surface area (Å²) in [6, 6.07) is 16.0. The van der Waals surface area contributed by atoms with Crippen molar-refractivity contribution in [3.63, 3.8) is 0 Å². The minimum atomic E-state index is 0.139. The highest BCUT2D eigenvalue weighted by atomic mass is 16.5. The Morgan fingerprint density at radius 2 is 1.79 bits per heavy atom. The van der Waals surface area contributed by atoms with Gasteiger partial charge in [-0.3, -0.25) is 9.59 Å². The number of amides is 2. The molecule has 28 heavy (non-hydrogen) atoms. The second-order valence-electron chi connectivity index (χ2n) is 7.51. The number of hydrogen-bond donors (Lipinski definition) is 0. The third-order valence-corrected chi connectivity index (χ3v) is 5.75. The quantitative estimate of drug-likeness (QED) is 0.797. The molecule has 4 rings (SSSR count). The molecule has 2 amide bonds. The molecule has 0 N–H and O–H groups in total. The van der Waals surface area contributed by atoms with Crippen LogP contribution in [0.4, 0.5) is 5.69 Å². The fraction of sp³-hybridized carbons (Fsp3) is 0.391. The van der Waals surface area contributed by atoms with Gasteiger partial charge in [0.05, 0.1) is 19.6 Å². The Labute approximate surface area is 165 Å². The second kappa shape index (κ2) is 8.05. The van der Waals surface area contributed by atoms with Crippen molar-refractivity contribution < 1.29 is 14.3 Å². The second-order valence-corrected chi connectivity index (χ2v) is 7.51. The molecule has 2 heterocycles. The van der Waals surface area contributed by atoms with Crippen LogP contribution < -0.4 is 9.64 Å². The van der Waals surface area contributed by atoms with Crippen molar-refractivity contribution in [3.05, 3.63) is 59.7 Å². The number of likely N-dealkylation sites (tertiary alicyclic amines) is 1. The van der Waals surface area contributed by atoms with E-state index >= 15 is 0 Å². The monoisotopic (exact) mass is 378 g/mol. The summed E-state index contributed by atoms with van der Waals surface area (Å²) in [6.45, 7) is 1.59. The summed E-state index contributed by atoms with van der Waals surface area (Å²) in [5, 5.41) is 0. The molecule has 2 aliphatic rings. The summed E-state index contributed by atoms with van der Waals surface area (Å²) in [7, 11) is 1.66. The van der Waals surface area contributed by atoms with Crippen LogP contribution in [-0.2, 0) is 16.0 Å². The van der Waals surface area contributed by atoms with E-state index < -0.39 is 0 Å². The third-order valence-electron chi connectivity index (χ3n) is 5.75. The maximum Gasteiger partial charge on any atom is 0.227 e. The van der Waals surface area contributed by atoms with Gasteiger partial charge in [-0.25, -0.2) is 0 Å². The zero-order chi connectivity index (χ0) is 19.5. The topological polar surface area (TPSA) is 49.9 Å². The predicted octanol–water partition coefficient (Wildman–Crippen LogP) is 3.73. The lowest BCUT2D eigenvalue weighted by Gasteiger charge is -2.25. The van der Waals surface area contributed by atoms with E-state index in [0.29, 0.717) is 12.8 Å². The van der Waals surface area contributed by atoms with Crippen LogP contribution in [-0.4, -0.2) is 36.9 Å². The summed E-state index contributed by atoms with van der Waals surface area (Å²) in [4.78, 5) is 28.7. The standard InChI is InChI=1S/C23H26N2O3/c1-28-20-12-8-18(9-13-20)21-4-2-15-25(21)23(27)16-17-6-10-19(11-7-17)24-14-3-5-22(24)26/h6-13,21H,2-5,14-16H2,1H3/t21-/m1/s1. The van der Waals surface area contributed by atoms with Crippen molar-refractivity contribution in [1.82, 2.24) is 4.90 Å². The summed E-state index contributed by atoms with van der Waals surface area (Å²) < 4.78 is 5.23. The lowest BCUT2D eigenvalue weighted by Crippen LogP contribution is -2.31. The molecule has 0 saturated carbocycles. The lowest BCUT2D eigenvalue weighted by molar-refractivity contribution is -0.131. The minimum Gasteiger partial charge on any atom is -0.497 e. The molecule has 1 atom stereocenters. The predicted molar refractivity (Wildman–Crippen MR) is 108 cm³/mol. The molecule has 0 bridgehead atoms. The number of benzene rings is 2. The highest BCUT2D eigenvalue weighted by Gasteiger charge is 2.30. The Kier molecular flexibility index (Phi) is 5.33. The van der Waals surface area contributed by atoms with Crippen LogP contribution in [0.15, 0.2) is 48.5 Å². The van der Waals surface area contributed by atoms with Gasteiger partial charge in [0.2, 0.25) is 11.8 Å². The zero-order valence-electron chi connectivity index (χ0n) is 16.3. The summed E-state index contributed by atoms with van der Waals surface area (Å²) in [5.41, 5.74) is 3.08. The van der Waals surface area contributed by atoms with Gasteiger partial charge in [0.1, 0.15) is 5.75 Å². The number of anilines is 1. The number of carbonyl (C=O) groups excluding carboxylic acids is 2. The van der Waals surface area contributed by atoms with Crippen molar-refractivity contribution >= 4 is 17.5 Å². The molecule has 0 radical (unpaired) electrons. The first-order chi connectivity index (χ1) is 13.7. The molecule has 0 spiro atoms. The van der Waals surface area contributed by atoms with Gasteiger partial charge >= 0.3 is 0 Å². The maximum atomic E-state index is 13.0. The van der Waals surface area contributed by atoms with Crippen molar-refractivity contribution in [2.24, 2.45) is 0 Å². The van der Waals surface area contributed by atoms with Crippen molar-refractivity contribution in [1.29, 1.82) is 0 Å². The first-order valence-electron chi connectivity index (χ1n) is 9.98. The molecule has 0 aliphatic carbocycles. The largest absolute Gasteiger partial charge is 0.497 e. The third kappa shape index (κ3) is 3.75. The normalized spacial score (nSPS) is 19.3. The molecular formula is C23H26N2O3. The highest BCUT2D eigenvalue weighted by molar-refractivity contribution is 5.95. The number of nitrogens with zero attached hydrogens (tertiary/aromatic N) is 2. The number of ether oxygens (including phenoxy) is 1. The average molecular weight is 378 g/mol. The number of hydrogen-bond acceptors (Lipinski definition) is 3. The van der Waals surface area contributed by atoms with Crippen LogP contribution in [0.5, 0.6) is 5.75 Å². The molecule has 2 saturated heterocycles. The highest BCUT2D eigenvalue weighted by Crippen LogP contribution is 2.33. The summed E-state index contributed by atoms with van der Waals surface area (Å²) >= 11 is 0. The first kappa shape index (κ1) is 18.5. The van der Waals surface area contributed by atoms with Crippen molar-refractivity contribution in [2.75, 3.05) is 25.1 Å². The lowest BCUT2D eigenvalue weighted by atomic mass is 10.0. The Bertz CT molecular complexity index is 845. The van der Waals surface area contributed by atoms with E-state index in [4.69, 9.17) is 4.74 Å². The zero-order valence-corrected chi connectivity index (χ0v) is 16.3. The molecule has 0 aromatic heterocycles. The first-order valence-corrected chi connectivity index (χ1v) is 9.98. The molecule has 2 aliphatic heterocycles. The van der Waals surface area contributed by atoms with E-state index in [0.717, 1.165) is 54.9 Å². The van der Waals surface area contributed by atoms with Gasteiger partial charge < -0.3 is 14.5 Å². The van der Waals surface area contributed by atoms with Gasteiger partial charge in [0.25, 0.3) is 0 Å². The molecule has 5 nitrogen and oxygen atoms in total. The van der Waals surface area contributed by atoms with Crippen LogP contribution in [0.2, 0.25) is 0 Å². The fourth-order valence-electron chi connectivity index (χ4n) is 4.23. The van der Waals surface area contributed by atoms with Gasteiger partial charge in [-0.05, 0) is 54.7 Å². The van der Waals surface area contributed by atoms with Gasteiger partial charge in [0, 0.05) is 25.2 Å². The van der Waals surface area contributed by atoms with E-state index in [9.17, 15) is 9.59 Å². The van der Waals surface area contributed by atoms with Crippen molar-refractivity contribution in [2.45, 2.75) is 38.1 Å². The van der Waals surface area contributed by atoms with E-state index in [2.05, 4.69) is 12.1 Å². The Morgan fingerprint density at radius 1 is 1.04 bits per heavy atom. The van der Waals surface area contributed by atoms with E-state index in [-0.39, 0.29) is 17.9 Å². The molecule has 2 aromatic carbocycles. The molecule has 0 unspecified atom stereocenters. The smallest absolute Gasteiger partial charge is 0.227 e. The molecule has 2 aromatic rings. The van der Waals surface area contributed by atoms with Crippen LogP contribution in [0, 0.1) is 0 Å². The fourth-order valence-corrected chi connectivity index (χ4v) is 4.23. The van der Waals surface area contributed by atoms with E-state index in [1.807, 2.05) is 46.2 Å². The van der Waals surface area contributed by atoms with E-state index in [1.54, 1.807) is 7.11 Å². The summed E-state index contributed by atoms with van der Waals surface area (Å²) in [5.74, 6) is 1.17. The SMILES string of the molecule is COc1ccc([C@H]2CCCN2C(=O)Cc2ccc(N3CCCC3=O)cc2)cc1. The molecule has 2 fully saturated rings. The van der Waals surface area contributed by atoms with Crippen LogP contribution in [0.3, 0.4) is 0 Å². The number of methoxy groups -OCH3 is 1. The Morgan fingerprint density at radius 3 is 2.43 bits per heavy atom. The average Bonchev–Trinajstić information content (AvgIpc) is 3.38. The molecular weight excluding hydrogens is 352 g/mol. The van der Waals surface area contributed by atoms with E-state index in [1.165, 1.54) is 0 Å². The van der Waals surface area contributed by atoms with Crippen LogP contribution >= 0.6 is 0 Å². The van der Waals surface area contributed by atoms with Crippen LogP contribution in [0.25, 0.3) is 0 Å². The number of rotatable bonds is 5. The Balaban J connectivity index is 1.42. The minimum absolute atomic E-state index is 0.139. The van der Waals surface area contributed by atoms with Gasteiger partial charge in [0.15, 0.2) is 0 Å². The number of carbonyl (C=O) groups is 2. The summed E-state index contributed by atoms with van der Waals surface area (Å²) in [6.07, 6.45) is 3.95.